The summed E-state index contributed by atoms with van der Waals surface area (Å²) in [5.41, 5.74) is 0.963. The Balaban J connectivity index is 1.84. The second-order valence-corrected chi connectivity index (χ2v) is 6.08. The Morgan fingerprint density at radius 3 is 2.83 bits per heavy atom. The number of aromatic nitrogens is 1. The number of urea groups is 1. The van der Waals surface area contributed by atoms with Crippen LogP contribution in [0.3, 0.4) is 0 Å². The van der Waals surface area contributed by atoms with Gasteiger partial charge in [-0.3, -0.25) is 0 Å². The standard InChI is InChI=1S/C16H20FN3O2S/c1-3-15-20-13(9-23-15)10(2)19-16(22)18-8-14(21)11-6-4-5-7-12(11)17/h4-7,9-10,14,21H,3,8H2,1-2H3,(H2,18,19,22). The average Bonchev–Trinajstić information content (AvgIpc) is 3.02. The quantitative estimate of drug-likeness (QED) is 0.759. The van der Waals surface area contributed by atoms with Crippen molar-refractivity contribution in [2.75, 3.05) is 6.54 Å². The maximum Gasteiger partial charge on any atom is 0.315 e. The number of halogens is 1. The molecule has 0 fully saturated rings. The third-order valence-electron chi connectivity index (χ3n) is 3.38. The maximum absolute atomic E-state index is 13.5. The fraction of sp³-hybridized carbons (Fsp3) is 0.375. The third kappa shape index (κ3) is 4.74. The van der Waals surface area contributed by atoms with E-state index < -0.39 is 18.0 Å². The summed E-state index contributed by atoms with van der Waals surface area (Å²) in [5.74, 6) is -0.495. The lowest BCUT2D eigenvalue weighted by Crippen LogP contribution is -2.39. The first-order chi connectivity index (χ1) is 11.0. The smallest absolute Gasteiger partial charge is 0.315 e. The van der Waals surface area contributed by atoms with Crippen molar-refractivity contribution in [1.29, 1.82) is 0 Å². The van der Waals surface area contributed by atoms with E-state index in [0.29, 0.717) is 0 Å². The Hall–Kier alpha value is -1.99. The molecule has 0 aliphatic heterocycles. The van der Waals surface area contributed by atoms with Crippen LogP contribution in [0.4, 0.5) is 9.18 Å². The summed E-state index contributed by atoms with van der Waals surface area (Å²) < 4.78 is 13.5. The van der Waals surface area contributed by atoms with Gasteiger partial charge in [0, 0.05) is 17.5 Å². The minimum atomic E-state index is -1.09. The van der Waals surface area contributed by atoms with Crippen LogP contribution in [0.1, 0.15) is 42.3 Å². The van der Waals surface area contributed by atoms with Crippen molar-refractivity contribution in [3.63, 3.8) is 0 Å². The van der Waals surface area contributed by atoms with Gasteiger partial charge in [-0.25, -0.2) is 14.2 Å². The largest absolute Gasteiger partial charge is 0.386 e. The zero-order valence-electron chi connectivity index (χ0n) is 13.0. The Morgan fingerprint density at radius 2 is 2.17 bits per heavy atom. The number of hydrogen-bond donors (Lipinski definition) is 3. The van der Waals surface area contributed by atoms with Gasteiger partial charge >= 0.3 is 6.03 Å². The van der Waals surface area contributed by atoms with Crippen LogP contribution < -0.4 is 10.6 Å². The highest BCUT2D eigenvalue weighted by Crippen LogP contribution is 2.17. The molecule has 0 saturated heterocycles. The first-order valence-electron chi connectivity index (χ1n) is 7.42. The summed E-state index contributed by atoms with van der Waals surface area (Å²) in [4.78, 5) is 16.3. The Labute approximate surface area is 138 Å². The minimum Gasteiger partial charge on any atom is -0.386 e. The zero-order valence-corrected chi connectivity index (χ0v) is 13.9. The van der Waals surface area contributed by atoms with Gasteiger partial charge in [0.2, 0.25) is 0 Å². The van der Waals surface area contributed by atoms with E-state index in [4.69, 9.17) is 0 Å². The normalized spacial score (nSPS) is 13.4. The molecule has 2 aromatic rings. The molecule has 23 heavy (non-hydrogen) atoms. The van der Waals surface area contributed by atoms with Crippen LogP contribution in [0, 0.1) is 5.82 Å². The van der Waals surface area contributed by atoms with E-state index >= 15 is 0 Å². The number of thiazole rings is 1. The maximum atomic E-state index is 13.5. The van der Waals surface area contributed by atoms with Crippen molar-refractivity contribution in [3.8, 4) is 0 Å². The zero-order chi connectivity index (χ0) is 16.8. The lowest BCUT2D eigenvalue weighted by molar-refractivity contribution is 0.168. The molecular weight excluding hydrogens is 317 g/mol. The van der Waals surface area contributed by atoms with Crippen molar-refractivity contribution in [1.82, 2.24) is 15.6 Å². The molecule has 5 nitrogen and oxygen atoms in total. The lowest BCUT2D eigenvalue weighted by Gasteiger charge is -2.16. The van der Waals surface area contributed by atoms with Crippen LogP contribution in [-0.4, -0.2) is 22.7 Å². The first-order valence-corrected chi connectivity index (χ1v) is 8.30. The number of carbonyl (C=O) groups is 1. The molecule has 124 valence electrons. The van der Waals surface area contributed by atoms with Crippen LogP contribution in [-0.2, 0) is 6.42 Å². The predicted molar refractivity (Wildman–Crippen MR) is 87.8 cm³/mol. The number of aryl methyl sites for hydroxylation is 1. The Morgan fingerprint density at radius 1 is 1.43 bits per heavy atom. The summed E-state index contributed by atoms with van der Waals surface area (Å²) in [6.07, 6.45) is -0.235. The molecule has 0 bridgehead atoms. The number of aliphatic hydroxyl groups excluding tert-OH is 1. The molecule has 3 N–H and O–H groups in total. The van der Waals surface area contributed by atoms with Crippen LogP contribution >= 0.6 is 11.3 Å². The van der Waals surface area contributed by atoms with Crippen molar-refractivity contribution >= 4 is 17.4 Å². The first kappa shape index (κ1) is 17.4. The van der Waals surface area contributed by atoms with E-state index in [-0.39, 0.29) is 18.2 Å². The highest BCUT2D eigenvalue weighted by molar-refractivity contribution is 7.09. The summed E-state index contributed by atoms with van der Waals surface area (Å²) in [6.45, 7) is 3.79. The van der Waals surface area contributed by atoms with Gasteiger partial charge in [-0.05, 0) is 19.4 Å². The Kier molecular flexibility index (Phi) is 6.06. The second kappa shape index (κ2) is 8.03. The monoisotopic (exact) mass is 337 g/mol. The molecule has 1 heterocycles. The molecule has 1 aromatic carbocycles. The number of amides is 2. The van der Waals surface area contributed by atoms with Gasteiger partial charge in [-0.15, -0.1) is 11.3 Å². The Bertz CT molecular complexity index is 662. The number of hydrogen-bond acceptors (Lipinski definition) is 4. The molecule has 0 spiro atoms. The van der Waals surface area contributed by atoms with Gasteiger partial charge in [0.25, 0.3) is 0 Å². The number of benzene rings is 1. The molecule has 2 unspecified atom stereocenters. The number of nitrogens with zero attached hydrogens (tertiary/aromatic N) is 1. The fourth-order valence-electron chi connectivity index (χ4n) is 2.05. The van der Waals surface area contributed by atoms with Crippen molar-refractivity contribution in [3.05, 3.63) is 51.7 Å². The van der Waals surface area contributed by atoms with Crippen molar-refractivity contribution < 1.29 is 14.3 Å². The third-order valence-corrected chi connectivity index (χ3v) is 4.39. The van der Waals surface area contributed by atoms with Gasteiger partial charge in [-0.1, -0.05) is 25.1 Å². The van der Waals surface area contributed by atoms with E-state index in [1.54, 1.807) is 23.5 Å². The minimum absolute atomic E-state index is 0.0727. The average molecular weight is 337 g/mol. The molecule has 0 saturated carbocycles. The SMILES string of the molecule is CCc1nc(C(C)NC(=O)NCC(O)c2ccccc2F)cs1. The van der Waals surface area contributed by atoms with E-state index in [2.05, 4.69) is 15.6 Å². The van der Waals surface area contributed by atoms with Gasteiger partial charge in [0.15, 0.2) is 0 Å². The van der Waals surface area contributed by atoms with Crippen LogP contribution in [0.15, 0.2) is 29.6 Å². The topological polar surface area (TPSA) is 74.2 Å². The molecule has 0 aliphatic carbocycles. The molecule has 7 heteroatoms. The van der Waals surface area contributed by atoms with E-state index in [0.717, 1.165) is 17.1 Å². The summed E-state index contributed by atoms with van der Waals surface area (Å²) in [5, 5.41) is 18.2. The van der Waals surface area contributed by atoms with Gasteiger partial charge in [-0.2, -0.15) is 0 Å². The van der Waals surface area contributed by atoms with E-state index in [9.17, 15) is 14.3 Å². The number of aliphatic hydroxyl groups is 1. The van der Waals surface area contributed by atoms with E-state index in [1.165, 1.54) is 12.1 Å². The number of rotatable bonds is 6. The van der Waals surface area contributed by atoms with Gasteiger partial charge in [0.1, 0.15) is 5.82 Å². The fourth-order valence-corrected chi connectivity index (χ4v) is 2.89. The number of nitrogens with one attached hydrogen (secondary N) is 2. The van der Waals surface area contributed by atoms with Crippen molar-refractivity contribution in [2.45, 2.75) is 32.4 Å². The van der Waals surface area contributed by atoms with E-state index in [1.807, 2.05) is 19.2 Å². The molecule has 0 aliphatic rings. The molecule has 1 aromatic heterocycles. The highest BCUT2D eigenvalue weighted by Gasteiger charge is 2.15. The molecule has 2 amide bonds. The predicted octanol–water partition coefficient (Wildman–Crippen LogP) is 2.94. The molecular formula is C16H20FN3O2S. The van der Waals surface area contributed by atoms with Crippen LogP contribution in [0.25, 0.3) is 0 Å². The lowest BCUT2D eigenvalue weighted by atomic mass is 10.1. The molecule has 2 rings (SSSR count). The van der Waals surface area contributed by atoms with Crippen LogP contribution in [0.5, 0.6) is 0 Å². The van der Waals surface area contributed by atoms with Gasteiger partial charge in [0.05, 0.1) is 22.8 Å². The van der Waals surface area contributed by atoms with Crippen LogP contribution in [0.2, 0.25) is 0 Å². The molecule has 2 atom stereocenters. The summed E-state index contributed by atoms with van der Waals surface area (Å²) in [6, 6.07) is 5.28. The number of carbonyl (C=O) groups excluding carboxylic acids is 1. The second-order valence-electron chi connectivity index (χ2n) is 5.13. The summed E-state index contributed by atoms with van der Waals surface area (Å²) >= 11 is 1.56. The molecule has 0 radical (unpaired) electrons. The van der Waals surface area contributed by atoms with Crippen molar-refractivity contribution in [2.24, 2.45) is 0 Å². The summed E-state index contributed by atoms with van der Waals surface area (Å²) in [7, 11) is 0. The van der Waals surface area contributed by atoms with Gasteiger partial charge < -0.3 is 15.7 Å². The highest BCUT2D eigenvalue weighted by atomic mass is 32.1.